The SMILES string of the molecule is C[C@H](NC(=O)OC(C)(C)C)c1cncn1CCNC(=O)C1CC1. The highest BCUT2D eigenvalue weighted by Gasteiger charge is 2.29. The molecular weight excluding hydrogens is 296 g/mol. The molecule has 2 N–H and O–H groups in total. The zero-order chi connectivity index (χ0) is 17.0. The maximum Gasteiger partial charge on any atom is 0.408 e. The van der Waals surface area contributed by atoms with Gasteiger partial charge in [0.15, 0.2) is 0 Å². The average molecular weight is 322 g/mol. The van der Waals surface area contributed by atoms with E-state index in [-0.39, 0.29) is 17.9 Å². The van der Waals surface area contributed by atoms with Gasteiger partial charge in [0.2, 0.25) is 5.91 Å². The minimum Gasteiger partial charge on any atom is -0.444 e. The highest BCUT2D eigenvalue weighted by atomic mass is 16.6. The maximum atomic E-state index is 11.8. The quantitative estimate of drug-likeness (QED) is 0.839. The fraction of sp³-hybridized carbons (Fsp3) is 0.688. The summed E-state index contributed by atoms with van der Waals surface area (Å²) in [6.07, 6.45) is 4.95. The lowest BCUT2D eigenvalue weighted by Gasteiger charge is -2.22. The molecule has 128 valence electrons. The monoisotopic (exact) mass is 322 g/mol. The van der Waals surface area contributed by atoms with Crippen LogP contribution in [0.2, 0.25) is 0 Å². The summed E-state index contributed by atoms with van der Waals surface area (Å²) < 4.78 is 7.18. The molecule has 0 unspecified atom stereocenters. The molecule has 2 amide bonds. The lowest BCUT2D eigenvalue weighted by Crippen LogP contribution is -2.35. The van der Waals surface area contributed by atoms with E-state index in [9.17, 15) is 9.59 Å². The summed E-state index contributed by atoms with van der Waals surface area (Å²) >= 11 is 0. The van der Waals surface area contributed by atoms with Crippen molar-refractivity contribution in [2.45, 2.75) is 58.7 Å². The number of nitrogens with zero attached hydrogens (tertiary/aromatic N) is 2. The Morgan fingerprint density at radius 1 is 1.43 bits per heavy atom. The number of ether oxygens (including phenoxy) is 1. The van der Waals surface area contributed by atoms with Crippen molar-refractivity contribution in [2.75, 3.05) is 6.54 Å². The van der Waals surface area contributed by atoms with Gasteiger partial charge in [0.1, 0.15) is 5.60 Å². The zero-order valence-electron chi connectivity index (χ0n) is 14.3. The van der Waals surface area contributed by atoms with Crippen molar-refractivity contribution in [1.82, 2.24) is 20.2 Å². The Bertz CT molecular complexity index is 558. The van der Waals surface area contributed by atoms with Gasteiger partial charge in [-0.05, 0) is 40.5 Å². The van der Waals surface area contributed by atoms with Gasteiger partial charge in [0, 0.05) is 19.0 Å². The van der Waals surface area contributed by atoms with Crippen LogP contribution in [0.1, 0.15) is 52.3 Å². The van der Waals surface area contributed by atoms with E-state index in [0.717, 1.165) is 18.5 Å². The molecule has 1 aromatic heterocycles. The first-order valence-electron chi connectivity index (χ1n) is 8.03. The van der Waals surface area contributed by atoms with Gasteiger partial charge in [0.05, 0.1) is 24.3 Å². The van der Waals surface area contributed by atoms with Crippen LogP contribution in [-0.2, 0) is 16.1 Å². The van der Waals surface area contributed by atoms with Gasteiger partial charge in [-0.25, -0.2) is 9.78 Å². The number of carbonyl (C=O) groups excluding carboxylic acids is 2. The molecule has 1 saturated carbocycles. The topological polar surface area (TPSA) is 85.2 Å². The summed E-state index contributed by atoms with van der Waals surface area (Å²) in [7, 11) is 0. The van der Waals surface area contributed by atoms with Gasteiger partial charge in [-0.2, -0.15) is 0 Å². The number of hydrogen-bond donors (Lipinski definition) is 2. The molecule has 1 heterocycles. The van der Waals surface area contributed by atoms with Crippen LogP contribution in [0.4, 0.5) is 4.79 Å². The predicted octanol–water partition coefficient (Wildman–Crippen LogP) is 1.99. The van der Waals surface area contributed by atoms with E-state index in [1.54, 1.807) is 12.5 Å². The number of carbonyl (C=O) groups is 2. The molecule has 23 heavy (non-hydrogen) atoms. The van der Waals surface area contributed by atoms with Gasteiger partial charge in [-0.1, -0.05) is 0 Å². The molecule has 1 aliphatic rings. The fourth-order valence-electron chi connectivity index (χ4n) is 2.23. The number of hydrogen-bond acceptors (Lipinski definition) is 4. The standard InChI is InChI=1S/C16H26N4O3/c1-11(19-15(22)23-16(2,3)4)13-9-17-10-20(13)8-7-18-14(21)12-5-6-12/h9-12H,5-8H2,1-4H3,(H,18,21)(H,19,22)/t11-/m0/s1. The van der Waals surface area contributed by atoms with Crippen molar-refractivity contribution in [3.05, 3.63) is 18.2 Å². The number of amides is 2. The van der Waals surface area contributed by atoms with Crippen LogP contribution in [0.25, 0.3) is 0 Å². The molecule has 0 radical (unpaired) electrons. The molecule has 0 bridgehead atoms. The number of imidazole rings is 1. The lowest BCUT2D eigenvalue weighted by atomic mass is 10.2. The van der Waals surface area contributed by atoms with E-state index in [1.807, 2.05) is 32.3 Å². The van der Waals surface area contributed by atoms with Crippen molar-refractivity contribution < 1.29 is 14.3 Å². The molecule has 1 atom stereocenters. The molecule has 7 nitrogen and oxygen atoms in total. The van der Waals surface area contributed by atoms with Crippen molar-refractivity contribution in [1.29, 1.82) is 0 Å². The van der Waals surface area contributed by atoms with Crippen LogP contribution >= 0.6 is 0 Å². The van der Waals surface area contributed by atoms with E-state index in [2.05, 4.69) is 15.6 Å². The second-order valence-corrected chi connectivity index (χ2v) is 6.95. The minimum atomic E-state index is -0.531. The third-order valence-corrected chi connectivity index (χ3v) is 3.52. The van der Waals surface area contributed by atoms with E-state index < -0.39 is 11.7 Å². The van der Waals surface area contributed by atoms with Gasteiger partial charge >= 0.3 is 6.09 Å². The van der Waals surface area contributed by atoms with Gasteiger partial charge in [0.25, 0.3) is 0 Å². The van der Waals surface area contributed by atoms with Crippen LogP contribution < -0.4 is 10.6 Å². The third-order valence-electron chi connectivity index (χ3n) is 3.52. The summed E-state index contributed by atoms with van der Waals surface area (Å²) in [5, 5.41) is 5.72. The second-order valence-electron chi connectivity index (χ2n) is 6.95. The molecule has 2 rings (SSSR count). The van der Waals surface area contributed by atoms with Crippen LogP contribution in [0.5, 0.6) is 0 Å². The molecule has 0 spiro atoms. The van der Waals surface area contributed by atoms with E-state index in [4.69, 9.17) is 4.74 Å². The first kappa shape index (κ1) is 17.3. The largest absolute Gasteiger partial charge is 0.444 e. The van der Waals surface area contributed by atoms with E-state index >= 15 is 0 Å². The Kier molecular flexibility index (Phi) is 5.28. The second kappa shape index (κ2) is 7.02. The molecule has 1 fully saturated rings. The van der Waals surface area contributed by atoms with E-state index in [0.29, 0.717) is 13.1 Å². The Labute approximate surface area is 136 Å². The zero-order valence-corrected chi connectivity index (χ0v) is 14.3. The third kappa shape index (κ3) is 5.58. The molecule has 1 aliphatic carbocycles. The van der Waals surface area contributed by atoms with Crippen LogP contribution in [0, 0.1) is 5.92 Å². The maximum absolute atomic E-state index is 11.8. The first-order chi connectivity index (χ1) is 10.8. The summed E-state index contributed by atoms with van der Waals surface area (Å²) in [5.41, 5.74) is 0.341. The number of aromatic nitrogens is 2. The Morgan fingerprint density at radius 3 is 2.74 bits per heavy atom. The Balaban J connectivity index is 1.83. The molecule has 0 saturated heterocycles. The van der Waals surface area contributed by atoms with Gasteiger partial charge in [-0.15, -0.1) is 0 Å². The highest BCUT2D eigenvalue weighted by Crippen LogP contribution is 2.28. The minimum absolute atomic E-state index is 0.131. The van der Waals surface area contributed by atoms with Gasteiger partial charge in [-0.3, -0.25) is 4.79 Å². The highest BCUT2D eigenvalue weighted by molar-refractivity contribution is 5.80. The molecule has 1 aromatic rings. The normalized spacial score (nSPS) is 15.8. The van der Waals surface area contributed by atoms with Crippen LogP contribution in [0.15, 0.2) is 12.5 Å². The molecule has 0 aromatic carbocycles. The van der Waals surface area contributed by atoms with Crippen molar-refractivity contribution >= 4 is 12.0 Å². The Hall–Kier alpha value is -2.05. The summed E-state index contributed by atoms with van der Waals surface area (Å²) in [5.74, 6) is 0.344. The molecule has 7 heteroatoms. The summed E-state index contributed by atoms with van der Waals surface area (Å²) in [4.78, 5) is 27.6. The van der Waals surface area contributed by atoms with Crippen molar-refractivity contribution in [2.24, 2.45) is 5.92 Å². The smallest absolute Gasteiger partial charge is 0.408 e. The summed E-state index contributed by atoms with van der Waals surface area (Å²) in [6, 6.07) is -0.230. The first-order valence-corrected chi connectivity index (χ1v) is 8.03. The number of alkyl carbamates (subject to hydrolysis) is 1. The van der Waals surface area contributed by atoms with Crippen LogP contribution in [-0.4, -0.2) is 33.7 Å². The Morgan fingerprint density at radius 2 is 2.13 bits per heavy atom. The summed E-state index contributed by atoms with van der Waals surface area (Å²) in [6.45, 7) is 8.52. The average Bonchev–Trinajstić information content (AvgIpc) is 3.16. The molecule has 0 aliphatic heterocycles. The van der Waals surface area contributed by atoms with Crippen molar-refractivity contribution in [3.63, 3.8) is 0 Å². The molecular formula is C16H26N4O3. The van der Waals surface area contributed by atoms with E-state index in [1.165, 1.54) is 0 Å². The van der Waals surface area contributed by atoms with Crippen molar-refractivity contribution in [3.8, 4) is 0 Å². The predicted molar refractivity (Wildman–Crippen MR) is 85.7 cm³/mol. The van der Waals surface area contributed by atoms with Crippen LogP contribution in [0.3, 0.4) is 0 Å². The number of rotatable bonds is 6. The number of nitrogens with one attached hydrogen (secondary N) is 2. The van der Waals surface area contributed by atoms with Gasteiger partial charge < -0.3 is 19.9 Å². The lowest BCUT2D eigenvalue weighted by molar-refractivity contribution is -0.122. The fourth-order valence-corrected chi connectivity index (χ4v) is 2.23.